The summed E-state index contributed by atoms with van der Waals surface area (Å²) < 4.78 is 12.1. The summed E-state index contributed by atoms with van der Waals surface area (Å²) in [6, 6.07) is 3.74. The van der Waals surface area contributed by atoms with Gasteiger partial charge in [0.25, 0.3) is 5.91 Å². The van der Waals surface area contributed by atoms with Gasteiger partial charge in [-0.15, -0.1) is 0 Å². The van der Waals surface area contributed by atoms with Gasteiger partial charge in [-0.1, -0.05) is 15.9 Å². The van der Waals surface area contributed by atoms with Crippen LogP contribution in [0.2, 0.25) is 0 Å². The number of thioether (sulfide) groups is 1. The first kappa shape index (κ1) is 17.9. The Bertz CT molecular complexity index is 674. The summed E-state index contributed by atoms with van der Waals surface area (Å²) in [4.78, 5) is 18.5. The highest BCUT2D eigenvalue weighted by atomic mass is 79.9. The molecule has 7 heteroatoms. The lowest BCUT2D eigenvalue weighted by Gasteiger charge is -2.13. The fourth-order valence-corrected chi connectivity index (χ4v) is 3.44. The maximum Gasteiger partial charge on any atom is 0.266 e. The lowest BCUT2D eigenvalue weighted by Crippen LogP contribution is -2.23. The Morgan fingerprint density at radius 3 is 2.39 bits per heavy atom. The number of carbonyl (C=O) groups is 1. The van der Waals surface area contributed by atoms with Gasteiger partial charge in [-0.25, -0.2) is 0 Å². The van der Waals surface area contributed by atoms with Gasteiger partial charge in [-0.2, -0.15) is 0 Å². The topological polar surface area (TPSA) is 51.1 Å². The van der Waals surface area contributed by atoms with E-state index in [1.165, 1.54) is 11.8 Å². The van der Waals surface area contributed by atoms with Crippen molar-refractivity contribution in [1.82, 2.24) is 4.90 Å². The van der Waals surface area contributed by atoms with Gasteiger partial charge in [-0.3, -0.25) is 14.7 Å². The molecule has 0 N–H and O–H groups in total. The van der Waals surface area contributed by atoms with E-state index in [0.717, 1.165) is 10.0 Å². The highest BCUT2D eigenvalue weighted by Crippen LogP contribution is 2.37. The molecule has 0 bridgehead atoms. The number of amides is 1. The minimum atomic E-state index is -0.0608. The highest BCUT2D eigenvalue weighted by molar-refractivity contribution is 9.10. The number of ether oxygens (including phenoxy) is 2. The molecule has 0 radical (unpaired) electrons. The molecule has 0 atom stereocenters. The quantitative estimate of drug-likeness (QED) is 0.708. The molecular formula is C16H19BrN2O3S. The third kappa shape index (κ3) is 3.90. The highest BCUT2D eigenvalue weighted by Gasteiger charge is 2.30. The zero-order valence-electron chi connectivity index (χ0n) is 13.6. The van der Waals surface area contributed by atoms with Crippen LogP contribution in [0, 0.1) is 0 Å². The van der Waals surface area contributed by atoms with Crippen LogP contribution in [0.4, 0.5) is 0 Å². The number of likely N-dealkylation sites (N-methyl/N-ethyl adjacent to an activating group) is 1. The number of rotatable bonds is 5. The van der Waals surface area contributed by atoms with E-state index in [4.69, 9.17) is 9.47 Å². The van der Waals surface area contributed by atoms with Gasteiger partial charge >= 0.3 is 0 Å². The molecule has 1 aromatic carbocycles. The first-order valence-corrected chi connectivity index (χ1v) is 8.86. The zero-order valence-corrected chi connectivity index (χ0v) is 16.0. The fourth-order valence-electron chi connectivity index (χ4n) is 2.09. The predicted molar refractivity (Wildman–Crippen MR) is 98.2 cm³/mol. The van der Waals surface area contributed by atoms with Crippen LogP contribution in [0.25, 0.3) is 6.08 Å². The van der Waals surface area contributed by atoms with Crippen LogP contribution in [0.1, 0.15) is 19.4 Å². The van der Waals surface area contributed by atoms with Gasteiger partial charge in [0.05, 0.1) is 18.1 Å². The number of amidine groups is 1. The Labute approximate surface area is 148 Å². The summed E-state index contributed by atoms with van der Waals surface area (Å²) in [7, 11) is 3.40. The Kier molecular flexibility index (Phi) is 6.12. The van der Waals surface area contributed by atoms with Crippen LogP contribution in [0.15, 0.2) is 26.5 Å². The van der Waals surface area contributed by atoms with E-state index in [1.807, 2.05) is 32.1 Å². The van der Waals surface area contributed by atoms with E-state index >= 15 is 0 Å². The SMILES string of the molecule is CCOc1cc(Br)c(/C=C2\SC(=NC)N(C)C2=O)cc1OCC. The average molecular weight is 399 g/mol. The zero-order chi connectivity index (χ0) is 17.0. The average Bonchev–Trinajstić information content (AvgIpc) is 2.80. The second kappa shape index (κ2) is 7.88. The summed E-state index contributed by atoms with van der Waals surface area (Å²) >= 11 is 4.89. The molecule has 0 spiro atoms. The standard InChI is InChI=1S/C16H19BrN2O3S/c1-5-21-12-7-10(11(17)9-13(12)22-6-2)8-14-15(20)19(4)16(18-3)23-14/h7-9H,5-6H2,1-4H3/b14-8-,18-16?. The molecule has 2 rings (SSSR count). The molecule has 1 fully saturated rings. The smallest absolute Gasteiger partial charge is 0.266 e. The van der Waals surface area contributed by atoms with E-state index in [9.17, 15) is 4.79 Å². The third-order valence-corrected chi connectivity index (χ3v) is 4.98. The molecule has 0 unspecified atom stereocenters. The van der Waals surface area contributed by atoms with Crippen molar-refractivity contribution in [3.05, 3.63) is 27.1 Å². The van der Waals surface area contributed by atoms with Crippen LogP contribution in [-0.4, -0.2) is 43.3 Å². The van der Waals surface area contributed by atoms with E-state index in [-0.39, 0.29) is 5.91 Å². The van der Waals surface area contributed by atoms with E-state index in [1.54, 1.807) is 19.0 Å². The number of halogens is 1. The van der Waals surface area contributed by atoms with Crippen molar-refractivity contribution in [1.29, 1.82) is 0 Å². The molecule has 23 heavy (non-hydrogen) atoms. The maximum atomic E-state index is 12.3. The summed E-state index contributed by atoms with van der Waals surface area (Å²) in [5.41, 5.74) is 0.860. The largest absolute Gasteiger partial charge is 0.490 e. The number of aliphatic imine (C=N–C) groups is 1. The fraction of sp³-hybridized carbons (Fsp3) is 0.375. The number of hydrogen-bond acceptors (Lipinski definition) is 5. The molecule has 1 aliphatic rings. The van der Waals surface area contributed by atoms with Crippen molar-refractivity contribution in [2.75, 3.05) is 27.3 Å². The van der Waals surface area contributed by atoms with Gasteiger partial charge in [0.2, 0.25) is 0 Å². The van der Waals surface area contributed by atoms with Crippen molar-refractivity contribution in [3.63, 3.8) is 0 Å². The molecule has 1 saturated heterocycles. The van der Waals surface area contributed by atoms with Crippen LogP contribution in [0.5, 0.6) is 11.5 Å². The molecule has 1 aliphatic heterocycles. The molecule has 124 valence electrons. The molecule has 0 saturated carbocycles. The summed E-state index contributed by atoms with van der Waals surface area (Å²) in [6.07, 6.45) is 1.84. The van der Waals surface area contributed by atoms with E-state index in [0.29, 0.717) is 34.8 Å². The van der Waals surface area contributed by atoms with Crippen LogP contribution in [0.3, 0.4) is 0 Å². The van der Waals surface area contributed by atoms with Crippen LogP contribution < -0.4 is 9.47 Å². The summed E-state index contributed by atoms with van der Waals surface area (Å²) in [5.74, 6) is 1.29. The first-order chi connectivity index (χ1) is 11.0. The third-order valence-electron chi connectivity index (χ3n) is 3.14. The van der Waals surface area contributed by atoms with Crippen molar-refractivity contribution >= 4 is 44.8 Å². The lowest BCUT2D eigenvalue weighted by atomic mass is 10.2. The Hall–Kier alpha value is -1.47. The molecule has 0 aromatic heterocycles. The minimum Gasteiger partial charge on any atom is -0.490 e. The van der Waals surface area contributed by atoms with Crippen molar-refractivity contribution in [3.8, 4) is 11.5 Å². The molecule has 1 aromatic rings. The van der Waals surface area contributed by atoms with Gasteiger partial charge < -0.3 is 9.47 Å². The second-order valence-corrected chi connectivity index (χ2v) is 6.53. The molecule has 1 amide bonds. The van der Waals surface area contributed by atoms with Crippen LogP contribution in [-0.2, 0) is 4.79 Å². The van der Waals surface area contributed by atoms with Gasteiger partial charge in [0.1, 0.15) is 0 Å². The van der Waals surface area contributed by atoms with Gasteiger partial charge in [0.15, 0.2) is 16.7 Å². The lowest BCUT2D eigenvalue weighted by molar-refractivity contribution is -0.121. The minimum absolute atomic E-state index is 0.0608. The number of hydrogen-bond donors (Lipinski definition) is 0. The van der Waals surface area contributed by atoms with Crippen molar-refractivity contribution < 1.29 is 14.3 Å². The number of benzene rings is 1. The summed E-state index contributed by atoms with van der Waals surface area (Å²) in [6.45, 7) is 4.95. The molecule has 1 heterocycles. The molecule has 5 nitrogen and oxygen atoms in total. The van der Waals surface area contributed by atoms with Crippen LogP contribution >= 0.6 is 27.7 Å². The van der Waals surface area contributed by atoms with E-state index < -0.39 is 0 Å². The van der Waals surface area contributed by atoms with Crippen molar-refractivity contribution in [2.24, 2.45) is 4.99 Å². The monoisotopic (exact) mass is 398 g/mol. The van der Waals surface area contributed by atoms with Gasteiger partial charge in [0, 0.05) is 18.6 Å². The maximum absolute atomic E-state index is 12.3. The Morgan fingerprint density at radius 1 is 1.26 bits per heavy atom. The number of nitrogens with zero attached hydrogens (tertiary/aromatic N) is 2. The Morgan fingerprint density at radius 2 is 1.87 bits per heavy atom. The molecule has 0 aliphatic carbocycles. The van der Waals surface area contributed by atoms with Crippen molar-refractivity contribution in [2.45, 2.75) is 13.8 Å². The Balaban J connectivity index is 2.42. The normalized spacial score (nSPS) is 18.1. The summed E-state index contributed by atoms with van der Waals surface area (Å²) in [5, 5.41) is 0.688. The predicted octanol–water partition coefficient (Wildman–Crippen LogP) is 3.78. The second-order valence-electron chi connectivity index (χ2n) is 4.67. The first-order valence-electron chi connectivity index (χ1n) is 7.25. The molecular weight excluding hydrogens is 380 g/mol. The number of carbonyl (C=O) groups excluding carboxylic acids is 1. The van der Waals surface area contributed by atoms with E-state index in [2.05, 4.69) is 20.9 Å². The van der Waals surface area contributed by atoms with Gasteiger partial charge in [-0.05, 0) is 49.4 Å².